The van der Waals surface area contributed by atoms with Gasteiger partial charge in [-0.15, -0.1) is 0 Å². The Bertz CT molecular complexity index is 540. The van der Waals surface area contributed by atoms with Crippen molar-refractivity contribution in [1.82, 2.24) is 5.32 Å². The minimum absolute atomic E-state index is 0.232. The summed E-state index contributed by atoms with van der Waals surface area (Å²) in [6.07, 6.45) is 4.58. The standard InChI is InChI=1S/C17H22N2O2/c1-3-13-8-10-17(12-18,11-9-13)19-16(20)14-6-4-5-7-15(14)21-2/h4-7,13H,3,8-11H2,1-2H3,(H,19,20). The first-order chi connectivity index (χ1) is 10.1. The lowest BCUT2D eigenvalue weighted by atomic mass is 9.76. The fourth-order valence-electron chi connectivity index (χ4n) is 2.96. The number of para-hydroxylation sites is 1. The molecule has 0 radical (unpaired) electrons. The third-order valence-electron chi connectivity index (χ3n) is 4.45. The Morgan fingerprint density at radius 2 is 2.10 bits per heavy atom. The summed E-state index contributed by atoms with van der Waals surface area (Å²) in [6, 6.07) is 9.42. The van der Waals surface area contributed by atoms with Crippen molar-refractivity contribution in [2.75, 3.05) is 7.11 Å². The van der Waals surface area contributed by atoms with Crippen LogP contribution in [0, 0.1) is 17.2 Å². The molecule has 1 aromatic carbocycles. The fraction of sp³-hybridized carbons (Fsp3) is 0.529. The highest BCUT2D eigenvalue weighted by Crippen LogP contribution is 2.33. The molecule has 4 nitrogen and oxygen atoms in total. The van der Waals surface area contributed by atoms with E-state index in [1.54, 1.807) is 25.3 Å². The van der Waals surface area contributed by atoms with Crippen LogP contribution in [0.25, 0.3) is 0 Å². The molecule has 1 fully saturated rings. The molecule has 0 bridgehead atoms. The van der Waals surface area contributed by atoms with Crippen molar-refractivity contribution in [3.8, 4) is 11.8 Å². The number of ether oxygens (including phenoxy) is 1. The molecule has 0 aliphatic heterocycles. The summed E-state index contributed by atoms with van der Waals surface area (Å²) < 4.78 is 5.21. The third kappa shape index (κ3) is 3.36. The van der Waals surface area contributed by atoms with Crippen molar-refractivity contribution in [3.63, 3.8) is 0 Å². The number of amides is 1. The maximum atomic E-state index is 12.5. The average molecular weight is 286 g/mol. The van der Waals surface area contributed by atoms with Gasteiger partial charge in [-0.1, -0.05) is 25.5 Å². The Morgan fingerprint density at radius 3 is 2.67 bits per heavy atom. The van der Waals surface area contributed by atoms with Gasteiger partial charge in [0.15, 0.2) is 0 Å². The van der Waals surface area contributed by atoms with Crippen LogP contribution in [0.3, 0.4) is 0 Å². The number of benzene rings is 1. The summed E-state index contributed by atoms with van der Waals surface area (Å²) in [4.78, 5) is 12.5. The number of nitrogens with zero attached hydrogens (tertiary/aromatic N) is 1. The first-order valence-corrected chi connectivity index (χ1v) is 7.51. The van der Waals surface area contributed by atoms with E-state index in [0.29, 0.717) is 17.2 Å². The average Bonchev–Trinajstić information content (AvgIpc) is 2.55. The second-order valence-corrected chi connectivity index (χ2v) is 5.70. The highest BCUT2D eigenvalue weighted by atomic mass is 16.5. The molecule has 0 unspecified atom stereocenters. The van der Waals surface area contributed by atoms with E-state index in [-0.39, 0.29) is 5.91 Å². The van der Waals surface area contributed by atoms with Crippen molar-refractivity contribution in [2.45, 2.75) is 44.6 Å². The van der Waals surface area contributed by atoms with Gasteiger partial charge in [0, 0.05) is 0 Å². The van der Waals surface area contributed by atoms with Crippen LogP contribution < -0.4 is 10.1 Å². The Labute approximate surface area is 126 Å². The fourth-order valence-corrected chi connectivity index (χ4v) is 2.96. The van der Waals surface area contributed by atoms with Crippen LogP contribution in [0.5, 0.6) is 5.75 Å². The number of nitriles is 1. The van der Waals surface area contributed by atoms with Crippen LogP contribution in [0.15, 0.2) is 24.3 Å². The second kappa shape index (κ2) is 6.62. The second-order valence-electron chi connectivity index (χ2n) is 5.70. The van der Waals surface area contributed by atoms with E-state index in [1.807, 2.05) is 6.07 Å². The Kier molecular flexibility index (Phi) is 4.85. The predicted octanol–water partition coefficient (Wildman–Crippen LogP) is 3.29. The number of carbonyl (C=O) groups excluding carboxylic acids is 1. The van der Waals surface area contributed by atoms with Gasteiger partial charge in [0.2, 0.25) is 0 Å². The smallest absolute Gasteiger partial charge is 0.256 e. The molecule has 1 N–H and O–H groups in total. The Balaban J connectivity index is 2.12. The lowest BCUT2D eigenvalue weighted by Gasteiger charge is -2.35. The first-order valence-electron chi connectivity index (χ1n) is 7.51. The topological polar surface area (TPSA) is 62.1 Å². The molecule has 1 aromatic rings. The van der Waals surface area contributed by atoms with E-state index >= 15 is 0 Å². The van der Waals surface area contributed by atoms with E-state index in [2.05, 4.69) is 18.3 Å². The minimum Gasteiger partial charge on any atom is -0.496 e. The molecular weight excluding hydrogens is 264 g/mol. The molecule has 0 heterocycles. The summed E-state index contributed by atoms with van der Waals surface area (Å²) in [5, 5.41) is 12.5. The number of nitrogens with one attached hydrogen (secondary N) is 1. The van der Waals surface area contributed by atoms with Gasteiger partial charge in [0.05, 0.1) is 18.7 Å². The largest absolute Gasteiger partial charge is 0.496 e. The molecule has 4 heteroatoms. The van der Waals surface area contributed by atoms with Gasteiger partial charge in [-0.3, -0.25) is 4.79 Å². The molecule has 0 atom stereocenters. The van der Waals surface area contributed by atoms with Crippen LogP contribution >= 0.6 is 0 Å². The van der Waals surface area contributed by atoms with Crippen molar-refractivity contribution in [3.05, 3.63) is 29.8 Å². The molecule has 1 aliphatic rings. The van der Waals surface area contributed by atoms with E-state index in [4.69, 9.17) is 4.74 Å². The van der Waals surface area contributed by atoms with Gasteiger partial charge < -0.3 is 10.1 Å². The van der Waals surface area contributed by atoms with Gasteiger partial charge in [0.25, 0.3) is 5.91 Å². The zero-order valence-electron chi connectivity index (χ0n) is 12.7. The zero-order chi connectivity index (χ0) is 15.3. The summed E-state index contributed by atoms with van der Waals surface area (Å²) >= 11 is 0. The summed E-state index contributed by atoms with van der Waals surface area (Å²) in [5.74, 6) is 0.976. The predicted molar refractivity (Wildman–Crippen MR) is 81.1 cm³/mol. The minimum atomic E-state index is -0.733. The molecule has 1 aliphatic carbocycles. The van der Waals surface area contributed by atoms with Gasteiger partial charge in [-0.05, 0) is 43.7 Å². The van der Waals surface area contributed by atoms with Crippen LogP contribution in [0.4, 0.5) is 0 Å². The molecule has 2 rings (SSSR count). The van der Waals surface area contributed by atoms with Gasteiger partial charge in [0.1, 0.15) is 11.3 Å². The molecular formula is C17H22N2O2. The Hall–Kier alpha value is -2.02. The van der Waals surface area contributed by atoms with E-state index in [0.717, 1.165) is 32.1 Å². The quantitative estimate of drug-likeness (QED) is 0.923. The number of methoxy groups -OCH3 is 1. The lowest BCUT2D eigenvalue weighted by molar-refractivity contribution is 0.0888. The zero-order valence-corrected chi connectivity index (χ0v) is 12.7. The normalized spacial score (nSPS) is 24.9. The molecule has 0 aromatic heterocycles. The Morgan fingerprint density at radius 1 is 1.43 bits per heavy atom. The number of carbonyl (C=O) groups is 1. The van der Waals surface area contributed by atoms with Gasteiger partial charge in [-0.2, -0.15) is 5.26 Å². The van der Waals surface area contributed by atoms with Gasteiger partial charge >= 0.3 is 0 Å². The highest BCUT2D eigenvalue weighted by molar-refractivity contribution is 5.97. The maximum absolute atomic E-state index is 12.5. The first kappa shape index (κ1) is 15.4. The maximum Gasteiger partial charge on any atom is 0.256 e. The number of hydrogen-bond donors (Lipinski definition) is 1. The number of hydrogen-bond acceptors (Lipinski definition) is 3. The summed E-state index contributed by atoms with van der Waals surface area (Å²) in [6.45, 7) is 2.18. The number of rotatable bonds is 4. The molecule has 0 spiro atoms. The van der Waals surface area contributed by atoms with Crippen LogP contribution in [-0.2, 0) is 0 Å². The van der Waals surface area contributed by atoms with E-state index in [9.17, 15) is 10.1 Å². The van der Waals surface area contributed by atoms with Gasteiger partial charge in [-0.25, -0.2) is 0 Å². The van der Waals surface area contributed by atoms with Crippen molar-refractivity contribution in [1.29, 1.82) is 5.26 Å². The molecule has 0 saturated heterocycles. The summed E-state index contributed by atoms with van der Waals surface area (Å²) in [5.41, 5.74) is -0.254. The molecule has 1 saturated carbocycles. The monoisotopic (exact) mass is 286 g/mol. The van der Waals surface area contributed by atoms with Crippen molar-refractivity contribution < 1.29 is 9.53 Å². The summed E-state index contributed by atoms with van der Waals surface area (Å²) in [7, 11) is 1.54. The van der Waals surface area contributed by atoms with E-state index in [1.165, 1.54) is 0 Å². The molecule has 112 valence electrons. The van der Waals surface area contributed by atoms with E-state index < -0.39 is 5.54 Å². The third-order valence-corrected chi connectivity index (χ3v) is 4.45. The SMILES string of the molecule is CCC1CCC(C#N)(NC(=O)c2ccccc2OC)CC1. The molecule has 1 amide bonds. The lowest BCUT2D eigenvalue weighted by Crippen LogP contribution is -2.49. The highest BCUT2D eigenvalue weighted by Gasteiger charge is 2.36. The molecule has 21 heavy (non-hydrogen) atoms. The van der Waals surface area contributed by atoms with Crippen LogP contribution in [0.1, 0.15) is 49.4 Å². The van der Waals surface area contributed by atoms with Crippen molar-refractivity contribution >= 4 is 5.91 Å². The van der Waals surface area contributed by atoms with Crippen LogP contribution in [0.2, 0.25) is 0 Å². The van der Waals surface area contributed by atoms with Crippen molar-refractivity contribution in [2.24, 2.45) is 5.92 Å². The van der Waals surface area contributed by atoms with Crippen LogP contribution in [-0.4, -0.2) is 18.6 Å².